The molecule has 0 aromatic carbocycles. The highest BCUT2D eigenvalue weighted by atomic mass is 19.4. The van der Waals surface area contributed by atoms with E-state index in [2.05, 4.69) is 5.32 Å². The molecular formula is C15H25F3N2O. The summed E-state index contributed by atoms with van der Waals surface area (Å²) >= 11 is 0. The summed E-state index contributed by atoms with van der Waals surface area (Å²) in [5.74, 6) is -1.19. The van der Waals surface area contributed by atoms with E-state index in [0.717, 1.165) is 19.4 Å². The quantitative estimate of drug-likeness (QED) is 0.869. The van der Waals surface area contributed by atoms with Gasteiger partial charge < -0.3 is 10.2 Å². The number of hydrogen-bond acceptors (Lipinski definition) is 2. The molecule has 21 heavy (non-hydrogen) atoms. The van der Waals surface area contributed by atoms with Crippen LogP contribution in [0.3, 0.4) is 0 Å². The molecule has 1 saturated carbocycles. The first-order valence-electron chi connectivity index (χ1n) is 7.92. The molecule has 1 saturated heterocycles. The molecule has 1 aliphatic heterocycles. The Kier molecular flexibility index (Phi) is 5.52. The van der Waals surface area contributed by atoms with E-state index >= 15 is 0 Å². The highest BCUT2D eigenvalue weighted by molar-refractivity contribution is 5.79. The van der Waals surface area contributed by atoms with Crippen LogP contribution in [0.5, 0.6) is 0 Å². The van der Waals surface area contributed by atoms with Crippen molar-refractivity contribution < 1.29 is 18.0 Å². The topological polar surface area (TPSA) is 32.3 Å². The number of nitrogens with one attached hydrogen (secondary N) is 1. The minimum atomic E-state index is -4.15. The summed E-state index contributed by atoms with van der Waals surface area (Å²) in [6, 6.07) is 0. The molecule has 3 nitrogen and oxygen atoms in total. The van der Waals surface area contributed by atoms with Gasteiger partial charge in [-0.25, -0.2) is 0 Å². The summed E-state index contributed by atoms with van der Waals surface area (Å²) in [7, 11) is 1.91. The minimum Gasteiger partial charge on any atom is -0.342 e. The molecule has 1 N–H and O–H groups in total. The molecule has 0 radical (unpaired) electrons. The summed E-state index contributed by atoms with van der Waals surface area (Å²) in [6.07, 6.45) is -0.975. The second kappa shape index (κ2) is 6.99. The van der Waals surface area contributed by atoms with Crippen molar-refractivity contribution in [2.24, 2.45) is 17.8 Å². The Labute approximate surface area is 124 Å². The Balaban J connectivity index is 1.86. The third kappa shape index (κ3) is 4.34. The Bertz CT molecular complexity index is 351. The van der Waals surface area contributed by atoms with Crippen LogP contribution >= 0.6 is 0 Å². The fraction of sp³-hybridized carbons (Fsp3) is 0.933. The number of piperidine rings is 1. The van der Waals surface area contributed by atoms with E-state index in [9.17, 15) is 18.0 Å². The average molecular weight is 306 g/mol. The first kappa shape index (κ1) is 16.6. The van der Waals surface area contributed by atoms with Crippen LogP contribution in [0.4, 0.5) is 13.2 Å². The highest BCUT2D eigenvalue weighted by Crippen LogP contribution is 2.40. The third-order valence-corrected chi connectivity index (χ3v) is 4.91. The second-order valence-corrected chi connectivity index (χ2v) is 6.43. The van der Waals surface area contributed by atoms with Crippen LogP contribution in [0.2, 0.25) is 0 Å². The van der Waals surface area contributed by atoms with E-state index < -0.39 is 18.0 Å². The van der Waals surface area contributed by atoms with Crippen molar-refractivity contribution in [2.75, 3.05) is 26.7 Å². The monoisotopic (exact) mass is 306 g/mol. The van der Waals surface area contributed by atoms with Crippen molar-refractivity contribution in [2.45, 2.75) is 44.7 Å². The first-order chi connectivity index (χ1) is 9.91. The Morgan fingerprint density at radius 2 is 1.86 bits per heavy atom. The molecule has 2 fully saturated rings. The molecule has 1 aliphatic carbocycles. The molecule has 2 rings (SSSR count). The minimum absolute atomic E-state index is 0.0151. The number of rotatable bonds is 3. The fourth-order valence-corrected chi connectivity index (χ4v) is 3.62. The third-order valence-electron chi connectivity index (χ3n) is 4.91. The number of likely N-dealkylation sites (tertiary alicyclic amines) is 1. The van der Waals surface area contributed by atoms with E-state index in [1.165, 1.54) is 0 Å². The number of alkyl halides is 3. The zero-order valence-electron chi connectivity index (χ0n) is 12.6. The lowest BCUT2D eigenvalue weighted by molar-refractivity contribution is -0.187. The van der Waals surface area contributed by atoms with Gasteiger partial charge in [0.15, 0.2) is 0 Å². The smallest absolute Gasteiger partial charge is 0.342 e. The van der Waals surface area contributed by atoms with Crippen molar-refractivity contribution >= 4 is 5.91 Å². The molecule has 2 atom stereocenters. The average Bonchev–Trinajstić information content (AvgIpc) is 2.47. The maximum atomic E-state index is 12.8. The van der Waals surface area contributed by atoms with Gasteiger partial charge in [-0.05, 0) is 51.6 Å². The lowest BCUT2D eigenvalue weighted by Gasteiger charge is -2.37. The number of halogens is 3. The zero-order valence-corrected chi connectivity index (χ0v) is 12.6. The zero-order chi connectivity index (χ0) is 15.5. The summed E-state index contributed by atoms with van der Waals surface area (Å²) in [5.41, 5.74) is 0. The number of hydrogen-bond donors (Lipinski definition) is 1. The molecule has 0 aromatic heterocycles. The first-order valence-corrected chi connectivity index (χ1v) is 7.92. The van der Waals surface area contributed by atoms with Crippen molar-refractivity contribution in [3.63, 3.8) is 0 Å². The Morgan fingerprint density at radius 3 is 2.43 bits per heavy atom. The van der Waals surface area contributed by atoms with E-state index in [1.807, 2.05) is 7.05 Å². The van der Waals surface area contributed by atoms with Gasteiger partial charge in [0, 0.05) is 19.0 Å². The maximum Gasteiger partial charge on any atom is 0.391 e. The van der Waals surface area contributed by atoms with Crippen LogP contribution < -0.4 is 5.32 Å². The fourth-order valence-electron chi connectivity index (χ4n) is 3.62. The van der Waals surface area contributed by atoms with Crippen molar-refractivity contribution in [1.29, 1.82) is 0 Å². The summed E-state index contributed by atoms with van der Waals surface area (Å²) in [4.78, 5) is 14.2. The van der Waals surface area contributed by atoms with Crippen molar-refractivity contribution in [1.82, 2.24) is 10.2 Å². The molecule has 0 spiro atoms. The molecule has 1 heterocycles. The standard InChI is InChI=1S/C15H25F3N2O/c1-19-10-11-5-7-20(8-6-11)14(21)12-3-2-4-13(9-12)15(16,17)18/h11-13,19H,2-10H2,1H3. The van der Waals surface area contributed by atoms with Crippen LogP contribution in [0.25, 0.3) is 0 Å². The molecular weight excluding hydrogens is 281 g/mol. The molecule has 6 heteroatoms. The lowest BCUT2D eigenvalue weighted by Crippen LogP contribution is -2.45. The van der Waals surface area contributed by atoms with Gasteiger partial charge in [0.05, 0.1) is 5.92 Å². The molecule has 0 bridgehead atoms. The van der Waals surface area contributed by atoms with Gasteiger partial charge in [-0.3, -0.25) is 4.79 Å². The Hall–Kier alpha value is -0.780. The van der Waals surface area contributed by atoms with E-state index in [1.54, 1.807) is 4.90 Å². The molecule has 122 valence electrons. The number of carbonyl (C=O) groups excluding carboxylic acids is 1. The molecule has 1 amide bonds. The van der Waals surface area contributed by atoms with Crippen LogP contribution in [0.1, 0.15) is 38.5 Å². The predicted molar refractivity (Wildman–Crippen MR) is 74.7 cm³/mol. The van der Waals surface area contributed by atoms with Gasteiger partial charge in [0.2, 0.25) is 5.91 Å². The largest absolute Gasteiger partial charge is 0.391 e. The predicted octanol–water partition coefficient (Wildman–Crippen LogP) is 2.81. The van der Waals surface area contributed by atoms with E-state index in [4.69, 9.17) is 0 Å². The van der Waals surface area contributed by atoms with Gasteiger partial charge in [0.1, 0.15) is 0 Å². The van der Waals surface area contributed by atoms with Crippen LogP contribution in [0.15, 0.2) is 0 Å². The number of amides is 1. The molecule has 0 aromatic rings. The van der Waals surface area contributed by atoms with Gasteiger partial charge in [-0.2, -0.15) is 13.2 Å². The maximum absolute atomic E-state index is 12.8. The number of nitrogens with zero attached hydrogens (tertiary/aromatic N) is 1. The van der Waals surface area contributed by atoms with E-state index in [0.29, 0.717) is 31.8 Å². The Morgan fingerprint density at radius 1 is 1.19 bits per heavy atom. The van der Waals surface area contributed by atoms with Gasteiger partial charge in [-0.15, -0.1) is 0 Å². The summed E-state index contributed by atoms with van der Waals surface area (Å²) in [6.45, 7) is 2.33. The van der Waals surface area contributed by atoms with E-state index in [-0.39, 0.29) is 18.7 Å². The molecule has 2 aliphatic rings. The van der Waals surface area contributed by atoms with Gasteiger partial charge in [0.25, 0.3) is 0 Å². The number of carbonyl (C=O) groups is 1. The van der Waals surface area contributed by atoms with Gasteiger partial charge in [-0.1, -0.05) is 6.42 Å². The van der Waals surface area contributed by atoms with Crippen molar-refractivity contribution in [3.05, 3.63) is 0 Å². The highest BCUT2D eigenvalue weighted by Gasteiger charge is 2.44. The van der Waals surface area contributed by atoms with Gasteiger partial charge >= 0.3 is 6.18 Å². The van der Waals surface area contributed by atoms with Crippen molar-refractivity contribution in [3.8, 4) is 0 Å². The normalized spacial score (nSPS) is 28.7. The van der Waals surface area contributed by atoms with Crippen LogP contribution in [-0.2, 0) is 4.79 Å². The van der Waals surface area contributed by atoms with Crippen LogP contribution in [-0.4, -0.2) is 43.7 Å². The summed E-state index contributed by atoms with van der Waals surface area (Å²) < 4.78 is 38.5. The lowest BCUT2D eigenvalue weighted by atomic mass is 9.80. The summed E-state index contributed by atoms with van der Waals surface area (Å²) in [5, 5.41) is 3.14. The molecule has 2 unspecified atom stereocenters. The van der Waals surface area contributed by atoms with Crippen LogP contribution in [0, 0.1) is 17.8 Å². The SMILES string of the molecule is CNCC1CCN(C(=O)C2CCCC(C(F)(F)F)C2)CC1. The second-order valence-electron chi connectivity index (χ2n) is 6.43.